The number of nitrogens with one attached hydrogen (secondary N) is 1. The lowest BCUT2D eigenvalue weighted by Gasteiger charge is -2.17. The summed E-state index contributed by atoms with van der Waals surface area (Å²) in [7, 11) is -4.94. The highest BCUT2D eigenvalue weighted by Gasteiger charge is 2.11. The van der Waals surface area contributed by atoms with Crippen molar-refractivity contribution in [3.05, 3.63) is 97.3 Å². The molecule has 0 aliphatic rings. The first kappa shape index (κ1) is 20.0. The molecule has 6 nitrogen and oxygen atoms in total. The largest absolute Gasteiger partial charge is 0.309 e. The number of pyridine rings is 1. The molecule has 0 aliphatic heterocycles. The number of aromatic amines is 1. The van der Waals surface area contributed by atoms with E-state index in [1.165, 1.54) is 38.6 Å². The Morgan fingerprint density at radius 2 is 1.00 bits per heavy atom. The van der Waals surface area contributed by atoms with E-state index >= 15 is 0 Å². The standard InChI is InChI=1S/C23H16N2.ClHO4/c1-3-7-22-20(5-1)21-6-2-4-8-23(21)25(22)19-11-9-17(10-12-19)18-13-15-24-16-14-18;2-1(3,4)5/h1-16H;(H,2,3,4,5). The monoisotopic (exact) mass is 420 g/mol. The molecular weight excluding hydrogens is 404 g/mol. The summed E-state index contributed by atoms with van der Waals surface area (Å²) in [5, 5.41) is 2.58. The van der Waals surface area contributed by atoms with Gasteiger partial charge < -0.3 is 4.57 Å². The topological polar surface area (TPSA) is 111 Å². The van der Waals surface area contributed by atoms with Crippen LogP contribution >= 0.6 is 0 Å². The predicted octanol–water partition coefficient (Wildman–Crippen LogP) is 0.509. The van der Waals surface area contributed by atoms with Gasteiger partial charge in [-0.2, -0.15) is 0 Å². The molecule has 7 heteroatoms. The van der Waals surface area contributed by atoms with Crippen molar-refractivity contribution in [1.29, 1.82) is 0 Å². The minimum Gasteiger partial charge on any atom is -0.309 e. The van der Waals surface area contributed by atoms with Crippen LogP contribution in [0.25, 0.3) is 38.6 Å². The van der Waals surface area contributed by atoms with Crippen molar-refractivity contribution in [2.75, 3.05) is 0 Å². The molecule has 0 saturated carbocycles. The van der Waals surface area contributed by atoms with Gasteiger partial charge in [-0.15, -0.1) is 10.2 Å². The second-order valence-electron chi connectivity index (χ2n) is 6.58. The summed E-state index contributed by atoms with van der Waals surface area (Å²) in [6.45, 7) is 0. The highest BCUT2D eigenvalue weighted by Crippen LogP contribution is 2.32. The summed E-state index contributed by atoms with van der Waals surface area (Å²) in [6.07, 6.45) is 3.91. The number of fused-ring (bicyclic) bond motifs is 3. The summed E-state index contributed by atoms with van der Waals surface area (Å²) < 4.78 is 36.3. The van der Waals surface area contributed by atoms with E-state index in [1.807, 2.05) is 12.4 Å². The van der Waals surface area contributed by atoms with Crippen LogP contribution in [0.2, 0.25) is 0 Å². The van der Waals surface area contributed by atoms with E-state index in [9.17, 15) is 0 Å². The molecular formula is C23H17ClN2O4. The normalized spacial score (nSPS) is 11.3. The highest BCUT2D eigenvalue weighted by molar-refractivity contribution is 6.09. The minimum absolute atomic E-state index is 1.18. The summed E-state index contributed by atoms with van der Waals surface area (Å²) in [4.78, 5) is 3.07. The van der Waals surface area contributed by atoms with Crippen molar-refractivity contribution >= 4 is 21.8 Å². The number of rotatable bonds is 2. The van der Waals surface area contributed by atoms with Crippen molar-refractivity contribution in [3.8, 4) is 16.8 Å². The van der Waals surface area contributed by atoms with Gasteiger partial charge in [0, 0.05) is 28.6 Å². The summed E-state index contributed by atoms with van der Waals surface area (Å²) in [5.41, 5.74) is 6.10. The maximum atomic E-state index is 8.49. The first-order chi connectivity index (χ1) is 14.4. The van der Waals surface area contributed by atoms with E-state index in [2.05, 4.69) is 94.5 Å². The second-order valence-corrected chi connectivity index (χ2v) is 7.34. The van der Waals surface area contributed by atoms with Crippen LogP contribution in [0, 0.1) is 10.2 Å². The maximum absolute atomic E-state index is 8.49. The lowest BCUT2D eigenvalue weighted by molar-refractivity contribution is -2.00. The van der Waals surface area contributed by atoms with E-state index < -0.39 is 10.2 Å². The summed E-state index contributed by atoms with van der Waals surface area (Å²) in [6, 6.07) is 30.2. The van der Waals surface area contributed by atoms with Crippen molar-refractivity contribution in [2.45, 2.75) is 0 Å². The van der Waals surface area contributed by atoms with Crippen molar-refractivity contribution in [1.82, 2.24) is 4.57 Å². The third-order valence-electron chi connectivity index (χ3n) is 4.76. The molecule has 0 unspecified atom stereocenters. The first-order valence-electron chi connectivity index (χ1n) is 9.09. The fourth-order valence-corrected chi connectivity index (χ4v) is 3.58. The van der Waals surface area contributed by atoms with Crippen LogP contribution in [-0.4, -0.2) is 4.57 Å². The average molecular weight is 421 g/mol. The number of aromatic nitrogens is 2. The van der Waals surface area contributed by atoms with E-state index in [0.29, 0.717) is 0 Å². The van der Waals surface area contributed by atoms with Crippen LogP contribution in [0.5, 0.6) is 0 Å². The van der Waals surface area contributed by atoms with Crippen molar-refractivity contribution in [3.63, 3.8) is 0 Å². The predicted molar refractivity (Wildman–Crippen MR) is 103 cm³/mol. The molecule has 1 N–H and O–H groups in total. The molecule has 30 heavy (non-hydrogen) atoms. The van der Waals surface area contributed by atoms with Gasteiger partial charge in [-0.05, 0) is 35.4 Å². The quantitative estimate of drug-likeness (QED) is 0.414. The zero-order chi connectivity index (χ0) is 21.1. The molecule has 2 aromatic heterocycles. The Bertz CT molecular complexity index is 1220. The Morgan fingerprint density at radius 3 is 1.50 bits per heavy atom. The van der Waals surface area contributed by atoms with Gasteiger partial charge in [-0.1, -0.05) is 48.5 Å². The molecule has 3 aromatic carbocycles. The van der Waals surface area contributed by atoms with Gasteiger partial charge in [0.15, 0.2) is 12.4 Å². The molecule has 5 aromatic rings. The lowest BCUT2D eigenvalue weighted by Crippen LogP contribution is -2.68. The molecule has 0 bridgehead atoms. The molecule has 0 fully saturated rings. The number of hydrogen-bond donors (Lipinski definition) is 0. The van der Waals surface area contributed by atoms with Crippen LogP contribution in [0.3, 0.4) is 0 Å². The van der Waals surface area contributed by atoms with Gasteiger partial charge in [0.1, 0.15) is 0 Å². The minimum atomic E-state index is -4.94. The fourth-order valence-electron chi connectivity index (χ4n) is 3.58. The lowest BCUT2D eigenvalue weighted by atomic mass is 10.1. The van der Waals surface area contributed by atoms with E-state index in [0.717, 1.165) is 0 Å². The van der Waals surface area contributed by atoms with Crippen LogP contribution in [0.15, 0.2) is 97.3 Å². The van der Waals surface area contributed by atoms with Crippen LogP contribution in [-0.2, 0) is 0 Å². The first-order valence-corrected chi connectivity index (χ1v) is 10.3. The Hall–Kier alpha value is -3.26. The molecule has 0 saturated heterocycles. The van der Waals surface area contributed by atoms with Gasteiger partial charge in [0.05, 0.1) is 11.0 Å². The molecule has 150 valence electrons. The van der Waals surface area contributed by atoms with E-state index in [4.69, 9.17) is 18.6 Å². The number of nitrogens with zero attached hydrogens (tertiary/aromatic N) is 1. The average Bonchev–Trinajstić information content (AvgIpc) is 3.08. The molecule has 0 amide bonds. The van der Waals surface area contributed by atoms with Gasteiger partial charge in [0.2, 0.25) is 0 Å². The summed E-state index contributed by atoms with van der Waals surface area (Å²) >= 11 is 0. The summed E-state index contributed by atoms with van der Waals surface area (Å²) in [5.74, 6) is 0. The Kier molecular flexibility index (Phi) is 5.50. The van der Waals surface area contributed by atoms with Gasteiger partial charge in [-0.25, -0.2) is 23.6 Å². The fraction of sp³-hybridized carbons (Fsp3) is 0. The number of para-hydroxylation sites is 2. The SMILES string of the molecule is [O-][Cl+3]([O-])([O-])[O-].c1ccc2c(c1)c1ccccc1n2-c1ccc(-c2cc[nH+]cc2)cc1. The molecule has 0 aliphatic carbocycles. The zero-order valence-electron chi connectivity index (χ0n) is 15.7. The maximum Gasteiger partial charge on any atom is 0.167 e. The molecule has 0 radical (unpaired) electrons. The van der Waals surface area contributed by atoms with E-state index in [1.54, 1.807) is 0 Å². The highest BCUT2D eigenvalue weighted by atomic mass is 35.7. The van der Waals surface area contributed by atoms with Crippen molar-refractivity contribution < 1.29 is 33.9 Å². The third kappa shape index (κ3) is 4.33. The molecule has 0 spiro atoms. The van der Waals surface area contributed by atoms with Crippen LogP contribution < -0.4 is 23.6 Å². The van der Waals surface area contributed by atoms with Crippen LogP contribution in [0.4, 0.5) is 0 Å². The van der Waals surface area contributed by atoms with Crippen molar-refractivity contribution in [2.24, 2.45) is 0 Å². The molecule has 2 heterocycles. The number of H-pyrrole nitrogens is 1. The number of benzene rings is 3. The smallest absolute Gasteiger partial charge is 0.167 e. The molecule has 0 atom stereocenters. The number of hydrogen-bond acceptors (Lipinski definition) is 4. The zero-order valence-corrected chi connectivity index (χ0v) is 16.5. The molecule has 5 rings (SSSR count). The second kappa shape index (κ2) is 8.23. The Morgan fingerprint density at radius 1 is 0.567 bits per heavy atom. The Labute approximate surface area is 174 Å². The van der Waals surface area contributed by atoms with Gasteiger partial charge in [-0.3, -0.25) is 0 Å². The van der Waals surface area contributed by atoms with E-state index in [-0.39, 0.29) is 0 Å². The third-order valence-corrected chi connectivity index (χ3v) is 4.76. The number of halogens is 1. The van der Waals surface area contributed by atoms with Gasteiger partial charge >= 0.3 is 0 Å². The van der Waals surface area contributed by atoms with Gasteiger partial charge in [0.25, 0.3) is 0 Å². The van der Waals surface area contributed by atoms with Crippen LogP contribution in [0.1, 0.15) is 0 Å². The Balaban J connectivity index is 0.000000393.